The molecule has 2 heterocycles. The summed E-state index contributed by atoms with van der Waals surface area (Å²) in [7, 11) is 0. The third kappa shape index (κ3) is 3.94. The van der Waals surface area contributed by atoms with Gasteiger partial charge in [-0.2, -0.15) is 0 Å². The number of hydrogen-bond acceptors (Lipinski definition) is 4. The van der Waals surface area contributed by atoms with Crippen LogP contribution in [0.25, 0.3) is 0 Å². The minimum Gasteiger partial charge on any atom is -0.478 e. The van der Waals surface area contributed by atoms with Crippen molar-refractivity contribution in [2.75, 3.05) is 25.0 Å². The molecular formula is C16H25N3O2. The van der Waals surface area contributed by atoms with E-state index >= 15 is 0 Å². The van der Waals surface area contributed by atoms with Crippen molar-refractivity contribution in [1.82, 2.24) is 9.88 Å². The van der Waals surface area contributed by atoms with Crippen LogP contribution in [0, 0.1) is 0 Å². The van der Waals surface area contributed by atoms with Gasteiger partial charge in [0.05, 0.1) is 5.56 Å². The molecule has 1 aromatic heterocycles. The van der Waals surface area contributed by atoms with Gasteiger partial charge in [0.15, 0.2) is 0 Å². The van der Waals surface area contributed by atoms with Crippen molar-refractivity contribution in [2.45, 2.75) is 45.6 Å². The van der Waals surface area contributed by atoms with Crippen LogP contribution in [0.1, 0.15) is 55.6 Å². The molecule has 0 radical (unpaired) electrons. The molecule has 5 nitrogen and oxygen atoms in total. The lowest BCUT2D eigenvalue weighted by molar-refractivity contribution is 0.0696. The largest absolute Gasteiger partial charge is 0.478 e. The third-order valence-corrected chi connectivity index (χ3v) is 4.11. The number of nitrogens with one attached hydrogen (secondary N) is 1. The molecule has 1 saturated heterocycles. The van der Waals surface area contributed by atoms with E-state index in [0.717, 1.165) is 25.3 Å². The number of hydrogen-bond donors (Lipinski definition) is 2. The van der Waals surface area contributed by atoms with Gasteiger partial charge in [-0.25, -0.2) is 9.78 Å². The molecule has 0 bridgehead atoms. The fourth-order valence-electron chi connectivity index (χ4n) is 2.83. The van der Waals surface area contributed by atoms with Crippen LogP contribution in [0.5, 0.6) is 0 Å². The van der Waals surface area contributed by atoms with Crippen LogP contribution >= 0.6 is 0 Å². The number of rotatable bonds is 6. The number of likely N-dealkylation sites (N-methyl/N-ethyl adjacent to an activating group) is 1. The molecule has 0 spiro atoms. The highest BCUT2D eigenvalue weighted by molar-refractivity contribution is 5.88. The summed E-state index contributed by atoms with van der Waals surface area (Å²) in [5.41, 5.74) is 1.12. The monoisotopic (exact) mass is 291 g/mol. The number of carbonyl (C=O) groups is 1. The summed E-state index contributed by atoms with van der Waals surface area (Å²) in [5.74, 6) is -0.0246. The molecule has 1 aromatic rings. The van der Waals surface area contributed by atoms with E-state index in [-0.39, 0.29) is 5.92 Å². The van der Waals surface area contributed by atoms with E-state index in [0.29, 0.717) is 17.4 Å². The van der Waals surface area contributed by atoms with Crippen LogP contribution in [-0.4, -0.2) is 46.6 Å². The van der Waals surface area contributed by atoms with Crippen molar-refractivity contribution in [2.24, 2.45) is 0 Å². The molecule has 0 amide bonds. The zero-order valence-corrected chi connectivity index (χ0v) is 13.1. The first-order valence-electron chi connectivity index (χ1n) is 7.74. The SMILES string of the molecule is CCN1CCCC1CNc1cc(C(=O)O)cc(C(C)C)n1. The van der Waals surface area contributed by atoms with E-state index in [1.54, 1.807) is 12.1 Å². The van der Waals surface area contributed by atoms with Crippen molar-refractivity contribution in [3.63, 3.8) is 0 Å². The first-order valence-corrected chi connectivity index (χ1v) is 7.74. The summed E-state index contributed by atoms with van der Waals surface area (Å²) in [6.07, 6.45) is 2.43. The average Bonchev–Trinajstić information content (AvgIpc) is 2.92. The fraction of sp³-hybridized carbons (Fsp3) is 0.625. The quantitative estimate of drug-likeness (QED) is 0.843. The van der Waals surface area contributed by atoms with Crippen LogP contribution in [0.15, 0.2) is 12.1 Å². The Hall–Kier alpha value is -1.62. The number of carboxylic acid groups (broad SMARTS) is 1. The van der Waals surface area contributed by atoms with E-state index in [1.807, 2.05) is 13.8 Å². The number of pyridine rings is 1. The van der Waals surface area contributed by atoms with Crippen molar-refractivity contribution >= 4 is 11.8 Å². The van der Waals surface area contributed by atoms with Gasteiger partial charge in [-0.15, -0.1) is 0 Å². The third-order valence-electron chi connectivity index (χ3n) is 4.11. The van der Waals surface area contributed by atoms with Crippen molar-refractivity contribution in [1.29, 1.82) is 0 Å². The van der Waals surface area contributed by atoms with Gasteiger partial charge in [-0.3, -0.25) is 4.90 Å². The molecule has 1 aliphatic heterocycles. The van der Waals surface area contributed by atoms with E-state index in [2.05, 4.69) is 22.1 Å². The zero-order valence-electron chi connectivity index (χ0n) is 13.1. The molecular weight excluding hydrogens is 266 g/mol. The van der Waals surface area contributed by atoms with E-state index < -0.39 is 5.97 Å². The van der Waals surface area contributed by atoms with Crippen LogP contribution in [-0.2, 0) is 0 Å². The average molecular weight is 291 g/mol. The Morgan fingerprint density at radius 2 is 2.29 bits per heavy atom. The molecule has 1 unspecified atom stereocenters. The molecule has 1 atom stereocenters. The summed E-state index contributed by atoms with van der Waals surface area (Å²) in [4.78, 5) is 18.2. The Bertz CT molecular complexity index is 502. The minimum absolute atomic E-state index is 0.212. The number of nitrogens with zero attached hydrogens (tertiary/aromatic N) is 2. The molecule has 2 N–H and O–H groups in total. The number of anilines is 1. The van der Waals surface area contributed by atoms with E-state index in [9.17, 15) is 9.90 Å². The Balaban J connectivity index is 2.10. The normalized spacial score (nSPS) is 19.1. The second kappa shape index (κ2) is 6.89. The van der Waals surface area contributed by atoms with Crippen molar-refractivity contribution in [3.05, 3.63) is 23.4 Å². The Morgan fingerprint density at radius 1 is 1.52 bits per heavy atom. The molecule has 2 rings (SSSR count). The molecule has 1 aliphatic rings. The van der Waals surface area contributed by atoms with Crippen LogP contribution in [0.3, 0.4) is 0 Å². The molecule has 0 aromatic carbocycles. The molecule has 116 valence electrons. The molecule has 5 heteroatoms. The van der Waals surface area contributed by atoms with Gasteiger partial charge in [0.25, 0.3) is 0 Å². The number of carboxylic acids is 1. The predicted octanol–water partition coefficient (Wildman–Crippen LogP) is 2.80. The lowest BCUT2D eigenvalue weighted by atomic mass is 10.1. The highest BCUT2D eigenvalue weighted by atomic mass is 16.4. The smallest absolute Gasteiger partial charge is 0.335 e. The van der Waals surface area contributed by atoms with Gasteiger partial charge in [0, 0.05) is 18.3 Å². The summed E-state index contributed by atoms with van der Waals surface area (Å²) in [6.45, 7) is 9.26. The van der Waals surface area contributed by atoms with Gasteiger partial charge in [-0.05, 0) is 44.0 Å². The summed E-state index contributed by atoms with van der Waals surface area (Å²) in [5, 5.41) is 12.5. The summed E-state index contributed by atoms with van der Waals surface area (Å²) >= 11 is 0. The summed E-state index contributed by atoms with van der Waals surface area (Å²) in [6, 6.07) is 3.80. The maximum atomic E-state index is 11.2. The van der Waals surface area contributed by atoms with E-state index in [4.69, 9.17) is 0 Å². The number of aromatic carboxylic acids is 1. The molecule has 0 saturated carbocycles. The van der Waals surface area contributed by atoms with Gasteiger partial charge >= 0.3 is 5.97 Å². The van der Waals surface area contributed by atoms with Crippen molar-refractivity contribution in [3.8, 4) is 0 Å². The Kier molecular flexibility index (Phi) is 5.17. The Labute approximate surface area is 126 Å². The first-order chi connectivity index (χ1) is 10.0. The van der Waals surface area contributed by atoms with Gasteiger partial charge < -0.3 is 10.4 Å². The fourth-order valence-corrected chi connectivity index (χ4v) is 2.83. The maximum absolute atomic E-state index is 11.2. The zero-order chi connectivity index (χ0) is 15.4. The molecule has 21 heavy (non-hydrogen) atoms. The Morgan fingerprint density at radius 3 is 2.90 bits per heavy atom. The van der Waals surface area contributed by atoms with Gasteiger partial charge in [0.2, 0.25) is 0 Å². The highest BCUT2D eigenvalue weighted by Crippen LogP contribution is 2.20. The lowest BCUT2D eigenvalue weighted by Crippen LogP contribution is -2.34. The second-order valence-electron chi connectivity index (χ2n) is 5.93. The second-order valence-corrected chi connectivity index (χ2v) is 5.93. The first kappa shape index (κ1) is 15.8. The maximum Gasteiger partial charge on any atom is 0.335 e. The predicted molar refractivity (Wildman–Crippen MR) is 84.0 cm³/mol. The highest BCUT2D eigenvalue weighted by Gasteiger charge is 2.22. The van der Waals surface area contributed by atoms with Gasteiger partial charge in [-0.1, -0.05) is 20.8 Å². The van der Waals surface area contributed by atoms with E-state index in [1.165, 1.54) is 12.8 Å². The topological polar surface area (TPSA) is 65.5 Å². The lowest BCUT2D eigenvalue weighted by Gasteiger charge is -2.23. The number of aromatic nitrogens is 1. The molecule has 1 fully saturated rings. The summed E-state index contributed by atoms with van der Waals surface area (Å²) < 4.78 is 0. The van der Waals surface area contributed by atoms with Crippen molar-refractivity contribution < 1.29 is 9.90 Å². The van der Waals surface area contributed by atoms with Crippen LogP contribution in [0.2, 0.25) is 0 Å². The minimum atomic E-state index is -0.904. The molecule has 0 aliphatic carbocycles. The van der Waals surface area contributed by atoms with Gasteiger partial charge in [0.1, 0.15) is 5.82 Å². The van der Waals surface area contributed by atoms with Crippen LogP contribution in [0.4, 0.5) is 5.82 Å². The number of likely N-dealkylation sites (tertiary alicyclic amines) is 1. The standard InChI is InChI=1S/C16H25N3O2/c1-4-19-7-5-6-13(19)10-17-15-9-12(16(20)21)8-14(18-15)11(2)3/h8-9,11,13H,4-7,10H2,1-3H3,(H,17,18)(H,20,21). The van der Waals surface area contributed by atoms with Crippen LogP contribution < -0.4 is 5.32 Å².